The number of rotatable bonds is 7. The first-order chi connectivity index (χ1) is 14.2. The summed E-state index contributed by atoms with van der Waals surface area (Å²) in [6.07, 6.45) is 6.01. The van der Waals surface area contributed by atoms with Gasteiger partial charge in [-0.3, -0.25) is 4.79 Å². The SMILES string of the molecule is COc1cccc(C(NC(=O)CCn2ccc3ccccc32)c2nccn2C)c1. The van der Waals surface area contributed by atoms with Gasteiger partial charge in [0.25, 0.3) is 0 Å². The van der Waals surface area contributed by atoms with Gasteiger partial charge in [0.2, 0.25) is 5.91 Å². The van der Waals surface area contributed by atoms with E-state index in [2.05, 4.69) is 33.1 Å². The van der Waals surface area contributed by atoms with Crippen LogP contribution in [0.15, 0.2) is 73.2 Å². The number of carbonyl (C=O) groups is 1. The molecule has 2 aromatic heterocycles. The van der Waals surface area contributed by atoms with Gasteiger partial charge in [0, 0.05) is 44.1 Å². The average Bonchev–Trinajstić information content (AvgIpc) is 3.36. The van der Waals surface area contributed by atoms with E-state index in [1.807, 2.05) is 60.4 Å². The van der Waals surface area contributed by atoms with E-state index in [0.717, 1.165) is 22.7 Å². The first kappa shape index (κ1) is 18.8. The summed E-state index contributed by atoms with van der Waals surface area (Å²) < 4.78 is 9.38. The Hall–Kier alpha value is -3.54. The van der Waals surface area contributed by atoms with E-state index in [0.29, 0.717) is 13.0 Å². The van der Waals surface area contributed by atoms with Gasteiger partial charge in [-0.15, -0.1) is 0 Å². The number of nitrogens with one attached hydrogen (secondary N) is 1. The predicted octanol–water partition coefficient (Wildman–Crippen LogP) is 3.68. The molecule has 4 rings (SSSR count). The maximum absolute atomic E-state index is 12.8. The van der Waals surface area contributed by atoms with Crippen LogP contribution in [0, 0.1) is 0 Å². The number of hydrogen-bond acceptors (Lipinski definition) is 3. The van der Waals surface area contributed by atoms with Crippen molar-refractivity contribution in [2.75, 3.05) is 7.11 Å². The Balaban J connectivity index is 1.52. The van der Waals surface area contributed by atoms with Gasteiger partial charge in [0.1, 0.15) is 17.6 Å². The van der Waals surface area contributed by atoms with Crippen molar-refractivity contribution in [2.45, 2.75) is 19.0 Å². The van der Waals surface area contributed by atoms with Crippen LogP contribution in [0.5, 0.6) is 5.75 Å². The minimum Gasteiger partial charge on any atom is -0.497 e. The molecule has 0 saturated heterocycles. The van der Waals surface area contributed by atoms with Gasteiger partial charge < -0.3 is 19.2 Å². The number of fused-ring (bicyclic) bond motifs is 1. The second-order valence-electron chi connectivity index (χ2n) is 6.99. The Morgan fingerprint density at radius 3 is 2.79 bits per heavy atom. The zero-order valence-corrected chi connectivity index (χ0v) is 16.6. The van der Waals surface area contributed by atoms with Crippen LogP contribution in [0.2, 0.25) is 0 Å². The summed E-state index contributed by atoms with van der Waals surface area (Å²) >= 11 is 0. The normalized spacial score (nSPS) is 12.1. The molecule has 4 aromatic rings. The number of para-hydroxylation sites is 1. The standard InChI is InChI=1S/C23H24N4O2/c1-26-15-12-24-23(26)22(18-7-5-8-19(16-18)29-2)25-21(28)11-14-27-13-10-17-6-3-4-9-20(17)27/h3-10,12-13,15-16,22H,11,14H2,1-2H3,(H,25,28). The summed E-state index contributed by atoms with van der Waals surface area (Å²) in [5.41, 5.74) is 2.06. The third-order valence-corrected chi connectivity index (χ3v) is 5.11. The maximum Gasteiger partial charge on any atom is 0.222 e. The summed E-state index contributed by atoms with van der Waals surface area (Å²) in [5, 5.41) is 4.32. The van der Waals surface area contributed by atoms with E-state index in [9.17, 15) is 4.79 Å². The van der Waals surface area contributed by atoms with Gasteiger partial charge in [-0.05, 0) is 35.2 Å². The molecule has 0 aliphatic rings. The van der Waals surface area contributed by atoms with E-state index in [-0.39, 0.29) is 11.9 Å². The Bertz CT molecular complexity index is 1130. The van der Waals surface area contributed by atoms with Crippen LogP contribution in [-0.2, 0) is 18.4 Å². The highest BCUT2D eigenvalue weighted by Gasteiger charge is 2.21. The zero-order chi connectivity index (χ0) is 20.2. The average molecular weight is 388 g/mol. The molecule has 0 aliphatic carbocycles. The molecule has 1 N–H and O–H groups in total. The molecule has 0 aliphatic heterocycles. The highest BCUT2D eigenvalue weighted by atomic mass is 16.5. The summed E-state index contributed by atoms with van der Waals surface area (Å²) in [7, 11) is 3.56. The minimum atomic E-state index is -0.348. The molecule has 2 aromatic carbocycles. The number of imidazole rings is 1. The fourth-order valence-corrected chi connectivity index (χ4v) is 3.56. The Kier molecular flexibility index (Phi) is 5.33. The third-order valence-electron chi connectivity index (χ3n) is 5.11. The lowest BCUT2D eigenvalue weighted by atomic mass is 10.1. The molecule has 2 heterocycles. The summed E-state index contributed by atoms with van der Waals surface area (Å²) in [5.74, 6) is 1.49. The van der Waals surface area contributed by atoms with E-state index in [1.165, 1.54) is 5.39 Å². The Morgan fingerprint density at radius 2 is 2.00 bits per heavy atom. The second kappa shape index (κ2) is 8.22. The highest BCUT2D eigenvalue weighted by Crippen LogP contribution is 2.24. The lowest BCUT2D eigenvalue weighted by Crippen LogP contribution is -2.31. The van der Waals surface area contributed by atoms with Gasteiger partial charge in [-0.2, -0.15) is 0 Å². The maximum atomic E-state index is 12.8. The Labute approximate surface area is 169 Å². The second-order valence-corrected chi connectivity index (χ2v) is 6.99. The number of ether oxygens (including phenoxy) is 1. The number of hydrogen-bond donors (Lipinski definition) is 1. The number of aromatic nitrogens is 3. The topological polar surface area (TPSA) is 61.1 Å². The molecule has 1 atom stereocenters. The van der Waals surface area contributed by atoms with E-state index >= 15 is 0 Å². The number of aryl methyl sites for hydroxylation is 2. The Morgan fingerprint density at radius 1 is 1.14 bits per heavy atom. The number of amides is 1. The first-order valence-electron chi connectivity index (χ1n) is 9.60. The fourth-order valence-electron chi connectivity index (χ4n) is 3.56. The van der Waals surface area contributed by atoms with Gasteiger partial charge in [-0.25, -0.2) is 4.98 Å². The largest absolute Gasteiger partial charge is 0.497 e. The molecule has 6 heteroatoms. The van der Waals surface area contributed by atoms with E-state index in [1.54, 1.807) is 13.3 Å². The lowest BCUT2D eigenvalue weighted by molar-refractivity contribution is -0.121. The molecule has 0 spiro atoms. The molecular weight excluding hydrogens is 364 g/mol. The molecule has 148 valence electrons. The predicted molar refractivity (Wildman–Crippen MR) is 113 cm³/mol. The summed E-state index contributed by atoms with van der Waals surface area (Å²) in [4.78, 5) is 17.3. The van der Waals surface area contributed by atoms with Crippen molar-refractivity contribution < 1.29 is 9.53 Å². The van der Waals surface area contributed by atoms with Crippen LogP contribution in [0.4, 0.5) is 0 Å². The molecule has 0 saturated carbocycles. The van der Waals surface area contributed by atoms with Gasteiger partial charge in [-0.1, -0.05) is 30.3 Å². The van der Waals surface area contributed by atoms with Crippen LogP contribution in [0.1, 0.15) is 23.9 Å². The molecule has 0 bridgehead atoms. The number of nitrogens with zero attached hydrogens (tertiary/aromatic N) is 3. The van der Waals surface area contributed by atoms with Gasteiger partial charge >= 0.3 is 0 Å². The molecule has 29 heavy (non-hydrogen) atoms. The van der Waals surface area contributed by atoms with Crippen molar-refractivity contribution in [1.29, 1.82) is 0 Å². The van der Waals surface area contributed by atoms with Crippen LogP contribution in [0.3, 0.4) is 0 Å². The zero-order valence-electron chi connectivity index (χ0n) is 16.6. The van der Waals surface area contributed by atoms with Crippen molar-refractivity contribution >= 4 is 16.8 Å². The van der Waals surface area contributed by atoms with Crippen LogP contribution < -0.4 is 10.1 Å². The van der Waals surface area contributed by atoms with Crippen molar-refractivity contribution in [3.05, 3.63) is 84.6 Å². The summed E-state index contributed by atoms with van der Waals surface area (Å²) in [6, 6.07) is 17.6. The molecular formula is C23H24N4O2. The van der Waals surface area contributed by atoms with E-state index < -0.39 is 0 Å². The number of methoxy groups -OCH3 is 1. The van der Waals surface area contributed by atoms with Gasteiger partial charge in [0.15, 0.2) is 0 Å². The first-order valence-corrected chi connectivity index (χ1v) is 9.60. The molecule has 1 amide bonds. The molecule has 6 nitrogen and oxygen atoms in total. The van der Waals surface area contributed by atoms with Crippen LogP contribution >= 0.6 is 0 Å². The van der Waals surface area contributed by atoms with Gasteiger partial charge in [0.05, 0.1) is 7.11 Å². The monoisotopic (exact) mass is 388 g/mol. The highest BCUT2D eigenvalue weighted by molar-refractivity contribution is 5.80. The quantitative estimate of drug-likeness (QED) is 0.525. The lowest BCUT2D eigenvalue weighted by Gasteiger charge is -2.20. The van der Waals surface area contributed by atoms with Crippen molar-refractivity contribution in [3.63, 3.8) is 0 Å². The van der Waals surface area contributed by atoms with Crippen molar-refractivity contribution in [2.24, 2.45) is 7.05 Å². The summed E-state index contributed by atoms with van der Waals surface area (Å²) in [6.45, 7) is 0.616. The van der Waals surface area contributed by atoms with Crippen molar-refractivity contribution in [1.82, 2.24) is 19.4 Å². The molecule has 0 fully saturated rings. The van der Waals surface area contributed by atoms with Crippen molar-refractivity contribution in [3.8, 4) is 5.75 Å². The van der Waals surface area contributed by atoms with E-state index in [4.69, 9.17) is 4.74 Å². The molecule has 1 unspecified atom stereocenters. The third kappa shape index (κ3) is 4.01. The number of benzene rings is 2. The fraction of sp³-hybridized carbons (Fsp3) is 0.217. The minimum absolute atomic E-state index is 0.0291. The van der Waals surface area contributed by atoms with Crippen LogP contribution in [-0.4, -0.2) is 27.1 Å². The number of carbonyl (C=O) groups excluding carboxylic acids is 1. The smallest absolute Gasteiger partial charge is 0.222 e. The molecule has 0 radical (unpaired) electrons. The van der Waals surface area contributed by atoms with Crippen LogP contribution in [0.25, 0.3) is 10.9 Å².